The minimum Gasteiger partial charge on any atom is -0.377 e. The fraction of sp³-hybridized carbons (Fsp3) is 0.812. The molecule has 3 rings (SSSR count). The van der Waals surface area contributed by atoms with E-state index in [2.05, 4.69) is 30.9 Å². The first kappa shape index (κ1) is 14.1. The molecule has 1 aromatic heterocycles. The van der Waals surface area contributed by atoms with Crippen molar-refractivity contribution in [1.82, 2.24) is 14.7 Å². The maximum Gasteiger partial charge on any atom is 0.0702 e. The molecule has 0 spiro atoms. The standard InChI is InChI=1S/C16H27N3O/c1-12-16(13(2)18(3)17-12)15-8-6-9-19(15)11-14-7-4-5-10-20-14/h14-15H,4-11H2,1-3H3/t14-,15+/m1/s1. The second-order valence-corrected chi connectivity index (χ2v) is 6.35. The fourth-order valence-electron chi connectivity index (χ4n) is 3.86. The number of hydrogen-bond donors (Lipinski definition) is 0. The quantitative estimate of drug-likeness (QED) is 0.851. The van der Waals surface area contributed by atoms with Crippen LogP contribution >= 0.6 is 0 Å². The average Bonchev–Trinajstić information content (AvgIpc) is 2.97. The monoisotopic (exact) mass is 277 g/mol. The van der Waals surface area contributed by atoms with E-state index in [9.17, 15) is 0 Å². The van der Waals surface area contributed by atoms with Crippen LogP contribution < -0.4 is 0 Å². The number of ether oxygens (including phenoxy) is 1. The molecule has 3 heterocycles. The second kappa shape index (κ2) is 5.86. The van der Waals surface area contributed by atoms with Gasteiger partial charge in [0.05, 0.1) is 11.8 Å². The number of hydrogen-bond acceptors (Lipinski definition) is 3. The molecular formula is C16H27N3O. The first-order valence-electron chi connectivity index (χ1n) is 8.02. The zero-order valence-corrected chi connectivity index (χ0v) is 13.1. The molecule has 2 fully saturated rings. The van der Waals surface area contributed by atoms with Gasteiger partial charge in [-0.05, 0) is 52.5 Å². The van der Waals surface area contributed by atoms with Crippen molar-refractivity contribution in [2.24, 2.45) is 7.05 Å². The summed E-state index contributed by atoms with van der Waals surface area (Å²) in [4.78, 5) is 2.63. The van der Waals surface area contributed by atoms with E-state index in [-0.39, 0.29) is 0 Å². The van der Waals surface area contributed by atoms with Crippen molar-refractivity contribution in [2.75, 3.05) is 19.7 Å². The number of aromatic nitrogens is 2. The Bertz CT molecular complexity index is 463. The van der Waals surface area contributed by atoms with Gasteiger partial charge < -0.3 is 4.74 Å². The van der Waals surface area contributed by atoms with E-state index in [1.165, 1.54) is 55.6 Å². The Morgan fingerprint density at radius 2 is 2.05 bits per heavy atom. The summed E-state index contributed by atoms with van der Waals surface area (Å²) >= 11 is 0. The summed E-state index contributed by atoms with van der Waals surface area (Å²) in [5, 5.41) is 4.60. The van der Waals surface area contributed by atoms with Gasteiger partial charge in [0.2, 0.25) is 0 Å². The SMILES string of the molecule is Cc1nn(C)c(C)c1[C@@H]1CCCN1C[C@H]1CCCCO1. The number of rotatable bonds is 3. The van der Waals surface area contributed by atoms with Crippen molar-refractivity contribution >= 4 is 0 Å². The summed E-state index contributed by atoms with van der Waals surface area (Å²) in [5.41, 5.74) is 3.98. The number of aryl methyl sites for hydroxylation is 2. The van der Waals surface area contributed by atoms with Crippen LogP contribution in [0.3, 0.4) is 0 Å². The maximum absolute atomic E-state index is 5.93. The molecule has 0 saturated carbocycles. The van der Waals surface area contributed by atoms with Crippen molar-refractivity contribution < 1.29 is 4.74 Å². The van der Waals surface area contributed by atoms with E-state index >= 15 is 0 Å². The van der Waals surface area contributed by atoms with E-state index in [0.717, 1.165) is 13.2 Å². The summed E-state index contributed by atoms with van der Waals surface area (Å²) < 4.78 is 7.95. The normalized spacial score (nSPS) is 28.1. The van der Waals surface area contributed by atoms with E-state index in [1.54, 1.807) is 0 Å². The van der Waals surface area contributed by atoms with Crippen LogP contribution in [0, 0.1) is 13.8 Å². The van der Waals surface area contributed by atoms with Gasteiger partial charge in [0, 0.05) is 37.5 Å². The lowest BCUT2D eigenvalue weighted by atomic mass is 10.0. The first-order valence-corrected chi connectivity index (χ1v) is 8.02. The zero-order valence-electron chi connectivity index (χ0n) is 13.1. The fourth-order valence-corrected chi connectivity index (χ4v) is 3.86. The van der Waals surface area contributed by atoms with Crippen LogP contribution in [0.2, 0.25) is 0 Å². The number of likely N-dealkylation sites (tertiary alicyclic amines) is 1. The van der Waals surface area contributed by atoms with Gasteiger partial charge in [-0.2, -0.15) is 5.10 Å². The van der Waals surface area contributed by atoms with Crippen LogP contribution in [0.25, 0.3) is 0 Å². The third kappa shape index (κ3) is 2.63. The molecule has 0 bridgehead atoms. The van der Waals surface area contributed by atoms with Crippen LogP contribution in [0.1, 0.15) is 55.1 Å². The third-order valence-electron chi connectivity index (χ3n) is 4.97. The summed E-state index contributed by atoms with van der Waals surface area (Å²) in [6.45, 7) is 7.60. The van der Waals surface area contributed by atoms with Crippen molar-refractivity contribution in [1.29, 1.82) is 0 Å². The Labute approximate surface area is 122 Å². The van der Waals surface area contributed by atoms with Gasteiger partial charge in [0.1, 0.15) is 0 Å². The van der Waals surface area contributed by atoms with Gasteiger partial charge in [0.15, 0.2) is 0 Å². The molecule has 0 unspecified atom stereocenters. The highest BCUT2D eigenvalue weighted by molar-refractivity contribution is 5.29. The summed E-state index contributed by atoms with van der Waals surface area (Å²) in [7, 11) is 2.05. The molecular weight excluding hydrogens is 250 g/mol. The van der Waals surface area contributed by atoms with Gasteiger partial charge in [-0.1, -0.05) is 0 Å². The lowest BCUT2D eigenvalue weighted by Gasteiger charge is -2.31. The Kier molecular flexibility index (Phi) is 4.13. The Morgan fingerprint density at radius 1 is 1.20 bits per heavy atom. The van der Waals surface area contributed by atoms with Gasteiger partial charge in [0.25, 0.3) is 0 Å². The second-order valence-electron chi connectivity index (χ2n) is 6.35. The van der Waals surface area contributed by atoms with Crippen LogP contribution in [0.5, 0.6) is 0 Å². The van der Waals surface area contributed by atoms with Crippen LogP contribution in [-0.2, 0) is 11.8 Å². The number of nitrogens with zero attached hydrogens (tertiary/aromatic N) is 3. The van der Waals surface area contributed by atoms with E-state index < -0.39 is 0 Å². The highest BCUT2D eigenvalue weighted by Gasteiger charge is 2.32. The molecule has 20 heavy (non-hydrogen) atoms. The lowest BCUT2D eigenvalue weighted by Crippen LogP contribution is -2.35. The first-order chi connectivity index (χ1) is 9.66. The van der Waals surface area contributed by atoms with Crippen LogP contribution in [-0.4, -0.2) is 40.5 Å². The minimum absolute atomic E-state index is 0.446. The van der Waals surface area contributed by atoms with Crippen molar-refractivity contribution in [3.63, 3.8) is 0 Å². The van der Waals surface area contributed by atoms with Crippen LogP contribution in [0.4, 0.5) is 0 Å². The highest BCUT2D eigenvalue weighted by Crippen LogP contribution is 2.36. The molecule has 0 aliphatic carbocycles. The van der Waals surface area contributed by atoms with E-state index in [0.29, 0.717) is 12.1 Å². The highest BCUT2D eigenvalue weighted by atomic mass is 16.5. The lowest BCUT2D eigenvalue weighted by molar-refractivity contribution is -0.00814. The topological polar surface area (TPSA) is 30.3 Å². The molecule has 1 aromatic rings. The molecule has 2 aliphatic heterocycles. The van der Waals surface area contributed by atoms with Gasteiger partial charge in [-0.25, -0.2) is 0 Å². The van der Waals surface area contributed by atoms with Gasteiger partial charge in [-0.15, -0.1) is 0 Å². The van der Waals surface area contributed by atoms with Crippen molar-refractivity contribution in [3.05, 3.63) is 17.0 Å². The minimum atomic E-state index is 0.446. The predicted octanol–water partition coefficient (Wildman–Crippen LogP) is 2.74. The average molecular weight is 277 g/mol. The molecule has 0 aromatic carbocycles. The zero-order chi connectivity index (χ0) is 14.1. The van der Waals surface area contributed by atoms with Gasteiger partial charge >= 0.3 is 0 Å². The van der Waals surface area contributed by atoms with Crippen molar-refractivity contribution in [3.8, 4) is 0 Å². The molecule has 0 radical (unpaired) electrons. The molecule has 4 nitrogen and oxygen atoms in total. The van der Waals surface area contributed by atoms with E-state index in [1.807, 2.05) is 4.68 Å². The third-order valence-corrected chi connectivity index (χ3v) is 4.97. The maximum atomic E-state index is 5.93. The predicted molar refractivity (Wildman–Crippen MR) is 79.8 cm³/mol. The molecule has 0 amide bonds. The largest absolute Gasteiger partial charge is 0.377 e. The summed E-state index contributed by atoms with van der Waals surface area (Å²) in [6, 6.07) is 0.550. The Hall–Kier alpha value is -0.870. The summed E-state index contributed by atoms with van der Waals surface area (Å²) in [5.74, 6) is 0. The molecule has 2 atom stereocenters. The van der Waals surface area contributed by atoms with Crippen LogP contribution in [0.15, 0.2) is 0 Å². The Balaban J connectivity index is 1.74. The van der Waals surface area contributed by atoms with Crippen molar-refractivity contribution in [2.45, 2.75) is 58.1 Å². The van der Waals surface area contributed by atoms with E-state index in [4.69, 9.17) is 4.74 Å². The smallest absolute Gasteiger partial charge is 0.0702 e. The molecule has 4 heteroatoms. The molecule has 2 saturated heterocycles. The molecule has 0 N–H and O–H groups in total. The summed E-state index contributed by atoms with van der Waals surface area (Å²) in [6.07, 6.45) is 6.80. The van der Waals surface area contributed by atoms with Gasteiger partial charge in [-0.3, -0.25) is 9.58 Å². The molecule has 2 aliphatic rings. The Morgan fingerprint density at radius 3 is 2.70 bits per heavy atom. The molecule has 112 valence electrons.